The van der Waals surface area contributed by atoms with Crippen molar-refractivity contribution in [3.05, 3.63) is 76.1 Å². The predicted molar refractivity (Wildman–Crippen MR) is 157 cm³/mol. The number of benzene rings is 1. The summed E-state index contributed by atoms with van der Waals surface area (Å²) in [6.07, 6.45) is 4.64. The third-order valence-electron chi connectivity index (χ3n) is 8.26. The van der Waals surface area contributed by atoms with E-state index < -0.39 is 29.3 Å². The van der Waals surface area contributed by atoms with Crippen molar-refractivity contribution in [1.82, 2.24) is 29.7 Å². The van der Waals surface area contributed by atoms with Crippen molar-refractivity contribution in [3.8, 4) is 11.3 Å². The Balaban J connectivity index is 1.23. The van der Waals surface area contributed by atoms with Gasteiger partial charge in [0.05, 0.1) is 64.7 Å². The molecule has 1 aromatic carbocycles. The fourth-order valence-corrected chi connectivity index (χ4v) is 5.85. The molecule has 0 bridgehead atoms. The normalized spacial score (nSPS) is 18.2. The van der Waals surface area contributed by atoms with Gasteiger partial charge in [0.1, 0.15) is 0 Å². The van der Waals surface area contributed by atoms with Gasteiger partial charge in [-0.25, -0.2) is 23.1 Å². The average Bonchev–Trinajstić information content (AvgIpc) is 3.55. The van der Waals surface area contributed by atoms with Crippen LogP contribution in [0.2, 0.25) is 5.02 Å². The van der Waals surface area contributed by atoms with E-state index in [2.05, 4.69) is 30.4 Å². The number of fused-ring (bicyclic) bond motifs is 1. The molecule has 6 rings (SSSR count). The van der Waals surface area contributed by atoms with Crippen molar-refractivity contribution in [2.45, 2.75) is 45.8 Å². The molecule has 1 saturated heterocycles. The maximum Gasteiger partial charge on any atom is 0.276 e. The van der Waals surface area contributed by atoms with Crippen LogP contribution in [-0.4, -0.2) is 55.2 Å². The largest absolute Gasteiger partial charge is 0.378 e. The van der Waals surface area contributed by atoms with Gasteiger partial charge < -0.3 is 10.1 Å². The lowest BCUT2D eigenvalue weighted by Crippen LogP contribution is -2.29. The second-order valence-corrected chi connectivity index (χ2v) is 11.5. The Bertz CT molecular complexity index is 1800. The first-order chi connectivity index (χ1) is 21.6. The Morgan fingerprint density at radius 1 is 1.18 bits per heavy atom. The summed E-state index contributed by atoms with van der Waals surface area (Å²) in [5.41, 5.74) is -0.0977. The number of anilines is 2. The Morgan fingerprint density at radius 3 is 2.62 bits per heavy atom. The van der Waals surface area contributed by atoms with Gasteiger partial charge in [0, 0.05) is 36.9 Å². The minimum absolute atomic E-state index is 0.0923. The number of ether oxygens (including phenoxy) is 1. The van der Waals surface area contributed by atoms with E-state index in [-0.39, 0.29) is 46.6 Å². The Hall–Kier alpha value is -4.43. The van der Waals surface area contributed by atoms with E-state index >= 15 is 0 Å². The summed E-state index contributed by atoms with van der Waals surface area (Å²) in [7, 11) is 1.39. The SMILES string of the molecule is COCc1ncc(-c2c(C(F)F)ccc(Cl)c2F)nc1C(=O)Nc1cnn(C(C)c2cnc(N3C[C@H]4CC[C@H]4C3=O)c(C)n2)c1. The van der Waals surface area contributed by atoms with Crippen LogP contribution in [0.1, 0.15) is 65.4 Å². The topological polar surface area (TPSA) is 128 Å². The van der Waals surface area contributed by atoms with E-state index in [0.717, 1.165) is 31.2 Å². The van der Waals surface area contributed by atoms with Crippen molar-refractivity contribution in [3.63, 3.8) is 0 Å². The molecular weight excluding hydrogens is 613 g/mol. The number of alkyl halides is 2. The highest BCUT2D eigenvalue weighted by atomic mass is 35.5. The zero-order valence-electron chi connectivity index (χ0n) is 24.5. The van der Waals surface area contributed by atoms with Crippen molar-refractivity contribution < 1.29 is 27.5 Å². The van der Waals surface area contributed by atoms with Crippen LogP contribution in [0.4, 0.5) is 24.7 Å². The summed E-state index contributed by atoms with van der Waals surface area (Å²) in [5.74, 6) is -0.693. The molecule has 2 aliphatic rings. The Morgan fingerprint density at radius 2 is 1.98 bits per heavy atom. The maximum absolute atomic E-state index is 14.9. The summed E-state index contributed by atoms with van der Waals surface area (Å²) in [6, 6.07) is 1.65. The van der Waals surface area contributed by atoms with Crippen LogP contribution in [0.25, 0.3) is 11.3 Å². The molecule has 4 heterocycles. The lowest BCUT2D eigenvalue weighted by Gasteiger charge is -2.25. The van der Waals surface area contributed by atoms with Crippen LogP contribution in [0.15, 0.2) is 36.9 Å². The molecule has 0 radical (unpaired) electrons. The fourth-order valence-electron chi connectivity index (χ4n) is 5.69. The zero-order chi connectivity index (χ0) is 32.0. The number of hydrogen-bond acceptors (Lipinski definition) is 8. The molecule has 3 aromatic heterocycles. The van der Waals surface area contributed by atoms with E-state index in [0.29, 0.717) is 35.4 Å². The van der Waals surface area contributed by atoms with Gasteiger partial charge in [0.15, 0.2) is 17.3 Å². The highest BCUT2D eigenvalue weighted by molar-refractivity contribution is 6.31. The van der Waals surface area contributed by atoms with Gasteiger partial charge in [0.2, 0.25) is 5.91 Å². The molecule has 2 amide bonds. The first kappa shape index (κ1) is 30.6. The average molecular weight is 641 g/mol. The van der Waals surface area contributed by atoms with Crippen molar-refractivity contribution in [1.29, 1.82) is 0 Å². The Kier molecular flexibility index (Phi) is 8.27. The maximum atomic E-state index is 14.9. The van der Waals surface area contributed by atoms with E-state index in [4.69, 9.17) is 16.3 Å². The van der Waals surface area contributed by atoms with E-state index in [1.807, 2.05) is 13.8 Å². The minimum atomic E-state index is -3.03. The van der Waals surface area contributed by atoms with Crippen LogP contribution in [0.3, 0.4) is 0 Å². The molecule has 1 N–H and O–H groups in total. The number of halogens is 4. The molecule has 3 atom stereocenters. The van der Waals surface area contributed by atoms with Gasteiger partial charge in [-0.05, 0) is 38.7 Å². The van der Waals surface area contributed by atoms with Gasteiger partial charge in [-0.15, -0.1) is 0 Å². The molecule has 2 fully saturated rings. The number of carbonyl (C=O) groups excluding carboxylic acids is 2. The van der Waals surface area contributed by atoms with Crippen LogP contribution >= 0.6 is 11.6 Å². The van der Waals surface area contributed by atoms with Gasteiger partial charge in [0.25, 0.3) is 12.3 Å². The van der Waals surface area contributed by atoms with Gasteiger partial charge >= 0.3 is 0 Å². The van der Waals surface area contributed by atoms with E-state index in [1.165, 1.54) is 13.3 Å². The predicted octanol–water partition coefficient (Wildman–Crippen LogP) is 5.55. The molecule has 234 valence electrons. The highest BCUT2D eigenvalue weighted by Gasteiger charge is 2.47. The summed E-state index contributed by atoms with van der Waals surface area (Å²) in [4.78, 5) is 45.4. The number of aromatic nitrogens is 6. The smallest absolute Gasteiger partial charge is 0.276 e. The first-order valence-corrected chi connectivity index (χ1v) is 14.6. The van der Waals surface area contributed by atoms with E-state index in [1.54, 1.807) is 22.0 Å². The molecule has 11 nitrogen and oxygen atoms in total. The zero-order valence-corrected chi connectivity index (χ0v) is 25.2. The standard InChI is InChI=1S/C30H28ClF3N8O3/c1-14-28(41-11-16-4-5-18(16)30(41)44)36-9-21(38-14)15(2)42-12-17(8-37-42)39-29(43)26-23(13-45-3)35-10-22(40-26)24-19(27(33)34)6-7-20(31)25(24)32/h6-10,12,15-16,18,27H,4-5,11,13H2,1-3H3,(H,39,43)/t15?,16-,18-/m1/s1. The number of rotatable bonds is 9. The number of amides is 2. The first-order valence-electron chi connectivity index (χ1n) is 14.2. The van der Waals surface area contributed by atoms with Crippen molar-refractivity contribution in [2.24, 2.45) is 11.8 Å². The van der Waals surface area contributed by atoms with Crippen LogP contribution in [-0.2, 0) is 16.1 Å². The van der Waals surface area contributed by atoms with Crippen LogP contribution in [0.5, 0.6) is 0 Å². The summed E-state index contributed by atoms with van der Waals surface area (Å²) >= 11 is 5.87. The number of nitrogens with one attached hydrogen (secondary N) is 1. The molecule has 0 spiro atoms. The second-order valence-electron chi connectivity index (χ2n) is 11.0. The molecule has 4 aromatic rings. The lowest BCUT2D eigenvalue weighted by molar-refractivity contribution is -0.123. The third kappa shape index (κ3) is 5.63. The van der Waals surface area contributed by atoms with Gasteiger partial charge in [-0.2, -0.15) is 5.10 Å². The molecule has 15 heteroatoms. The van der Waals surface area contributed by atoms with Crippen LogP contribution in [0, 0.1) is 24.6 Å². The minimum Gasteiger partial charge on any atom is -0.378 e. The summed E-state index contributed by atoms with van der Waals surface area (Å²) in [6.45, 7) is 4.21. The van der Waals surface area contributed by atoms with E-state index in [9.17, 15) is 22.8 Å². The molecular formula is C30H28ClF3N8O3. The third-order valence-corrected chi connectivity index (χ3v) is 8.55. The quantitative estimate of drug-likeness (QED) is 0.252. The van der Waals surface area contributed by atoms with Gasteiger partial charge in [-0.3, -0.25) is 29.1 Å². The number of hydrogen-bond donors (Lipinski definition) is 1. The Labute approximate surface area is 260 Å². The van der Waals surface area contributed by atoms with Crippen LogP contribution < -0.4 is 10.2 Å². The van der Waals surface area contributed by atoms with Crippen molar-refractivity contribution in [2.75, 3.05) is 23.9 Å². The number of methoxy groups -OCH3 is 1. The molecule has 1 aliphatic carbocycles. The summed E-state index contributed by atoms with van der Waals surface area (Å²) in [5, 5.41) is 6.64. The van der Waals surface area contributed by atoms with Gasteiger partial charge in [-0.1, -0.05) is 17.7 Å². The molecule has 1 unspecified atom stereocenters. The number of aryl methyl sites for hydroxylation is 1. The molecule has 1 aliphatic heterocycles. The molecule has 45 heavy (non-hydrogen) atoms. The monoisotopic (exact) mass is 640 g/mol. The summed E-state index contributed by atoms with van der Waals surface area (Å²) < 4.78 is 49.1. The number of carbonyl (C=O) groups is 2. The second kappa shape index (κ2) is 12.2. The van der Waals surface area contributed by atoms with Crippen molar-refractivity contribution >= 4 is 34.9 Å². The number of nitrogens with zero attached hydrogens (tertiary/aromatic N) is 7. The fraction of sp³-hybridized carbons (Fsp3) is 0.367. The highest BCUT2D eigenvalue weighted by Crippen LogP contribution is 2.43. The molecule has 1 saturated carbocycles. The lowest BCUT2D eigenvalue weighted by atomic mass is 9.76.